The Morgan fingerprint density at radius 3 is 2.67 bits per heavy atom. The Hall–Kier alpha value is -0.170. The second-order valence-electron chi connectivity index (χ2n) is 5.44. The normalized spacial score (nSPS) is 22.6. The number of likely N-dealkylation sites (tertiary alicyclic amines) is 1. The highest BCUT2D eigenvalue weighted by atomic mass is 32.2. The van der Waals surface area contributed by atoms with Crippen molar-refractivity contribution in [1.29, 1.82) is 0 Å². The van der Waals surface area contributed by atoms with E-state index in [0.717, 1.165) is 26.2 Å². The van der Waals surface area contributed by atoms with E-state index in [1.807, 2.05) is 0 Å². The van der Waals surface area contributed by atoms with Gasteiger partial charge in [0, 0.05) is 38.5 Å². The van der Waals surface area contributed by atoms with Crippen LogP contribution in [0.2, 0.25) is 0 Å². The third kappa shape index (κ3) is 6.68. The maximum atomic E-state index is 11.0. The van der Waals surface area contributed by atoms with Crippen molar-refractivity contribution in [2.45, 2.75) is 18.9 Å². The van der Waals surface area contributed by atoms with E-state index >= 15 is 0 Å². The van der Waals surface area contributed by atoms with Crippen molar-refractivity contribution in [3.63, 3.8) is 0 Å². The Balaban J connectivity index is 2.12. The van der Waals surface area contributed by atoms with E-state index in [1.54, 1.807) is 0 Å². The molecule has 0 aromatic carbocycles. The van der Waals surface area contributed by atoms with Crippen LogP contribution < -0.4 is 5.32 Å². The van der Waals surface area contributed by atoms with Crippen LogP contribution in [0.4, 0.5) is 0 Å². The number of hydrogen-bond acceptors (Lipinski definition) is 5. The first-order chi connectivity index (χ1) is 8.38. The molecule has 0 spiro atoms. The van der Waals surface area contributed by atoms with Crippen molar-refractivity contribution in [1.82, 2.24) is 15.1 Å². The van der Waals surface area contributed by atoms with E-state index in [0.29, 0.717) is 12.6 Å². The van der Waals surface area contributed by atoms with Crippen molar-refractivity contribution >= 4 is 9.84 Å². The molecule has 108 valence electrons. The number of hydrogen-bond donors (Lipinski definition) is 1. The fraction of sp³-hybridized carbons (Fsp3) is 1.00. The quantitative estimate of drug-likeness (QED) is 0.645. The first-order valence-corrected chi connectivity index (χ1v) is 8.72. The molecule has 0 radical (unpaired) electrons. The molecular weight excluding hydrogens is 250 g/mol. The number of rotatable bonds is 7. The van der Waals surface area contributed by atoms with Crippen LogP contribution in [0.1, 0.15) is 12.8 Å². The molecule has 6 heteroatoms. The molecule has 1 N–H and O–H groups in total. The van der Waals surface area contributed by atoms with Crippen LogP contribution in [0.25, 0.3) is 0 Å². The maximum absolute atomic E-state index is 11.0. The molecule has 0 bridgehead atoms. The SMILES string of the molecule is CN(C)C1CCCN(CCNCCS(C)(=O)=O)C1. The van der Waals surface area contributed by atoms with E-state index in [1.165, 1.54) is 19.1 Å². The smallest absolute Gasteiger partial charge is 0.148 e. The lowest BCUT2D eigenvalue weighted by Crippen LogP contribution is -2.47. The number of nitrogens with one attached hydrogen (secondary N) is 1. The Bertz CT molecular complexity index is 330. The highest BCUT2D eigenvalue weighted by Crippen LogP contribution is 2.12. The van der Waals surface area contributed by atoms with Gasteiger partial charge in [0.2, 0.25) is 0 Å². The molecule has 1 heterocycles. The minimum absolute atomic E-state index is 0.229. The maximum Gasteiger partial charge on any atom is 0.148 e. The molecule has 0 aliphatic carbocycles. The lowest BCUT2D eigenvalue weighted by molar-refractivity contribution is 0.134. The van der Waals surface area contributed by atoms with Crippen LogP contribution in [0.5, 0.6) is 0 Å². The largest absolute Gasteiger partial charge is 0.314 e. The minimum Gasteiger partial charge on any atom is -0.314 e. The third-order valence-corrected chi connectivity index (χ3v) is 4.41. The first kappa shape index (κ1) is 15.9. The molecule has 1 saturated heterocycles. The Kier molecular flexibility index (Phi) is 6.55. The Labute approximate surface area is 111 Å². The van der Waals surface area contributed by atoms with Crippen molar-refractivity contribution in [3.05, 3.63) is 0 Å². The summed E-state index contributed by atoms with van der Waals surface area (Å²) in [6.07, 6.45) is 3.82. The molecule has 1 aliphatic rings. The van der Waals surface area contributed by atoms with Gasteiger partial charge in [0.15, 0.2) is 0 Å². The van der Waals surface area contributed by atoms with Gasteiger partial charge in [-0.1, -0.05) is 0 Å². The van der Waals surface area contributed by atoms with Crippen LogP contribution in [-0.4, -0.2) is 83.1 Å². The minimum atomic E-state index is -2.83. The predicted molar refractivity (Wildman–Crippen MR) is 75.7 cm³/mol. The monoisotopic (exact) mass is 277 g/mol. The zero-order chi connectivity index (χ0) is 13.6. The van der Waals surface area contributed by atoms with Gasteiger partial charge in [0.05, 0.1) is 5.75 Å². The predicted octanol–water partition coefficient (Wildman–Crippen LogP) is -0.353. The fourth-order valence-corrected chi connectivity index (χ4v) is 2.79. The van der Waals surface area contributed by atoms with Gasteiger partial charge in [-0.3, -0.25) is 0 Å². The molecule has 1 rings (SSSR count). The molecule has 1 aliphatic heterocycles. The summed E-state index contributed by atoms with van der Waals surface area (Å²) in [5.74, 6) is 0.229. The molecular formula is C12H27N3O2S. The molecule has 5 nitrogen and oxygen atoms in total. The van der Waals surface area contributed by atoms with Gasteiger partial charge in [0.1, 0.15) is 9.84 Å². The lowest BCUT2D eigenvalue weighted by Gasteiger charge is -2.36. The topological polar surface area (TPSA) is 52.6 Å². The van der Waals surface area contributed by atoms with Crippen molar-refractivity contribution in [3.8, 4) is 0 Å². The van der Waals surface area contributed by atoms with Crippen LogP contribution in [0.3, 0.4) is 0 Å². The van der Waals surface area contributed by atoms with Gasteiger partial charge in [-0.25, -0.2) is 8.42 Å². The van der Waals surface area contributed by atoms with E-state index in [-0.39, 0.29) is 5.75 Å². The zero-order valence-corrected chi connectivity index (χ0v) is 12.7. The van der Waals surface area contributed by atoms with E-state index in [9.17, 15) is 8.42 Å². The Morgan fingerprint density at radius 2 is 2.06 bits per heavy atom. The van der Waals surface area contributed by atoms with Crippen molar-refractivity contribution in [2.24, 2.45) is 0 Å². The van der Waals surface area contributed by atoms with Gasteiger partial charge in [0.25, 0.3) is 0 Å². The molecule has 0 saturated carbocycles. The van der Waals surface area contributed by atoms with Gasteiger partial charge >= 0.3 is 0 Å². The molecule has 18 heavy (non-hydrogen) atoms. The number of likely N-dealkylation sites (N-methyl/N-ethyl adjacent to an activating group) is 1. The zero-order valence-electron chi connectivity index (χ0n) is 11.9. The first-order valence-electron chi connectivity index (χ1n) is 6.66. The summed E-state index contributed by atoms with van der Waals surface area (Å²) in [4.78, 5) is 4.75. The summed E-state index contributed by atoms with van der Waals surface area (Å²) in [6.45, 7) is 4.73. The molecule has 0 aromatic rings. The summed E-state index contributed by atoms with van der Waals surface area (Å²) in [7, 11) is 1.44. The molecule has 0 amide bonds. The average Bonchev–Trinajstić information content (AvgIpc) is 2.27. The molecule has 1 unspecified atom stereocenters. The van der Waals surface area contributed by atoms with Gasteiger partial charge < -0.3 is 15.1 Å². The fourth-order valence-electron chi connectivity index (χ4n) is 2.28. The molecule has 1 fully saturated rings. The highest BCUT2D eigenvalue weighted by molar-refractivity contribution is 7.90. The van der Waals surface area contributed by atoms with E-state index < -0.39 is 9.84 Å². The number of sulfone groups is 1. The molecule has 0 aromatic heterocycles. The van der Waals surface area contributed by atoms with Crippen LogP contribution in [0.15, 0.2) is 0 Å². The van der Waals surface area contributed by atoms with E-state index in [2.05, 4.69) is 29.2 Å². The Morgan fingerprint density at radius 1 is 1.33 bits per heavy atom. The van der Waals surface area contributed by atoms with E-state index in [4.69, 9.17) is 0 Å². The molecule has 1 atom stereocenters. The summed E-state index contributed by atoms with van der Waals surface area (Å²) < 4.78 is 21.9. The summed E-state index contributed by atoms with van der Waals surface area (Å²) in [5.41, 5.74) is 0. The van der Waals surface area contributed by atoms with Crippen LogP contribution >= 0.6 is 0 Å². The highest BCUT2D eigenvalue weighted by Gasteiger charge is 2.20. The second kappa shape index (κ2) is 7.43. The summed E-state index contributed by atoms with van der Waals surface area (Å²) >= 11 is 0. The summed E-state index contributed by atoms with van der Waals surface area (Å²) in [6, 6.07) is 0.662. The van der Waals surface area contributed by atoms with Crippen LogP contribution in [-0.2, 0) is 9.84 Å². The standard InChI is InChI=1S/C12H27N3O2S/c1-14(2)12-5-4-8-15(11-12)9-6-13-7-10-18(3,16)17/h12-13H,4-11H2,1-3H3. The van der Waals surface area contributed by atoms with Gasteiger partial charge in [-0.05, 0) is 33.5 Å². The van der Waals surface area contributed by atoms with Crippen LogP contribution in [0, 0.1) is 0 Å². The lowest BCUT2D eigenvalue weighted by atomic mass is 10.1. The average molecular weight is 277 g/mol. The third-order valence-electron chi connectivity index (χ3n) is 3.47. The number of piperidine rings is 1. The second-order valence-corrected chi connectivity index (χ2v) is 7.70. The van der Waals surface area contributed by atoms with Crippen molar-refractivity contribution < 1.29 is 8.42 Å². The van der Waals surface area contributed by atoms with Crippen molar-refractivity contribution in [2.75, 3.05) is 58.8 Å². The summed E-state index contributed by atoms with van der Waals surface area (Å²) in [5, 5.41) is 3.20. The van der Waals surface area contributed by atoms with Gasteiger partial charge in [-0.15, -0.1) is 0 Å². The van der Waals surface area contributed by atoms with Gasteiger partial charge in [-0.2, -0.15) is 0 Å². The number of nitrogens with zero attached hydrogens (tertiary/aromatic N) is 2.